The Hall–Kier alpha value is -1.80. The highest BCUT2D eigenvalue weighted by Crippen LogP contribution is 2.42. The van der Waals surface area contributed by atoms with Gasteiger partial charge in [0.1, 0.15) is 5.75 Å². The van der Waals surface area contributed by atoms with E-state index in [0.29, 0.717) is 12.0 Å². The van der Waals surface area contributed by atoms with Crippen molar-refractivity contribution in [1.82, 2.24) is 0 Å². The maximum Gasteiger partial charge on any atom is 0.127 e. The molecule has 0 saturated heterocycles. The molecule has 2 aromatic rings. The van der Waals surface area contributed by atoms with Crippen LogP contribution in [-0.2, 0) is 4.74 Å². The van der Waals surface area contributed by atoms with E-state index in [4.69, 9.17) is 9.47 Å². The minimum Gasteiger partial charge on any atom is -0.493 e. The van der Waals surface area contributed by atoms with E-state index in [1.54, 1.807) is 0 Å². The van der Waals surface area contributed by atoms with Crippen LogP contribution in [-0.4, -0.2) is 19.8 Å². The van der Waals surface area contributed by atoms with Gasteiger partial charge in [-0.3, -0.25) is 0 Å². The lowest BCUT2D eigenvalue weighted by molar-refractivity contribution is 0.0307. The van der Waals surface area contributed by atoms with Crippen molar-refractivity contribution < 1.29 is 9.47 Å². The summed E-state index contributed by atoms with van der Waals surface area (Å²) in [4.78, 5) is 0. The van der Waals surface area contributed by atoms with Crippen LogP contribution < -0.4 is 4.74 Å². The van der Waals surface area contributed by atoms with Crippen molar-refractivity contribution in [2.45, 2.75) is 122 Å². The van der Waals surface area contributed by atoms with E-state index in [2.05, 4.69) is 62.4 Å². The summed E-state index contributed by atoms with van der Waals surface area (Å²) in [5, 5.41) is 0. The summed E-state index contributed by atoms with van der Waals surface area (Å²) in [5.74, 6) is 2.32. The molecule has 1 aliphatic rings. The SMILES string of the molecule is CCCCCCCCCCCCOc1cc([C@H]2CCC(CCC)C[C@@H]2OC)ccc1-c1ccccc1. The van der Waals surface area contributed by atoms with Gasteiger partial charge in [0.05, 0.1) is 12.7 Å². The van der Waals surface area contributed by atoms with Crippen molar-refractivity contribution in [3.05, 3.63) is 54.1 Å². The van der Waals surface area contributed by atoms with E-state index >= 15 is 0 Å². The molecule has 3 rings (SSSR count). The predicted molar refractivity (Wildman–Crippen MR) is 155 cm³/mol. The van der Waals surface area contributed by atoms with Gasteiger partial charge in [-0.05, 0) is 48.8 Å². The van der Waals surface area contributed by atoms with Gasteiger partial charge in [0, 0.05) is 18.6 Å². The standard InChI is InChI=1S/C34H52O2/c1-4-6-7-8-9-10-11-12-13-17-25-36-34-27-30(22-24-31(34)29-19-15-14-16-20-29)32-23-21-28(18-5-2)26-33(32)35-3/h14-16,19-20,22,24,27-28,32-33H,4-13,17-18,21,23,25-26H2,1-3H3/t28?,32-,33+/m1/s1. The van der Waals surface area contributed by atoms with Crippen LogP contribution in [0.3, 0.4) is 0 Å². The fourth-order valence-corrected chi connectivity index (χ4v) is 6.04. The summed E-state index contributed by atoms with van der Waals surface area (Å²) >= 11 is 0. The molecule has 0 spiro atoms. The second kappa shape index (κ2) is 16.8. The van der Waals surface area contributed by atoms with E-state index in [1.807, 2.05) is 7.11 Å². The molecule has 2 aromatic carbocycles. The zero-order valence-electron chi connectivity index (χ0n) is 23.5. The molecule has 0 aliphatic heterocycles. The average Bonchev–Trinajstić information content (AvgIpc) is 2.92. The van der Waals surface area contributed by atoms with Crippen molar-refractivity contribution in [1.29, 1.82) is 0 Å². The molecule has 1 aliphatic carbocycles. The summed E-state index contributed by atoms with van der Waals surface area (Å²) in [5.41, 5.74) is 3.83. The molecule has 0 N–H and O–H groups in total. The number of hydrogen-bond donors (Lipinski definition) is 0. The third-order valence-corrected chi connectivity index (χ3v) is 8.17. The Morgan fingerprint density at radius 2 is 1.44 bits per heavy atom. The number of benzene rings is 2. The van der Waals surface area contributed by atoms with Crippen molar-refractivity contribution in [3.63, 3.8) is 0 Å². The number of methoxy groups -OCH3 is 1. The lowest BCUT2D eigenvalue weighted by atomic mass is 9.75. The monoisotopic (exact) mass is 492 g/mol. The molecule has 36 heavy (non-hydrogen) atoms. The molecule has 0 radical (unpaired) electrons. The van der Waals surface area contributed by atoms with Gasteiger partial charge < -0.3 is 9.47 Å². The van der Waals surface area contributed by atoms with Crippen LogP contribution in [0.15, 0.2) is 48.5 Å². The highest BCUT2D eigenvalue weighted by atomic mass is 16.5. The topological polar surface area (TPSA) is 18.5 Å². The number of ether oxygens (including phenoxy) is 2. The molecule has 0 amide bonds. The maximum absolute atomic E-state index is 6.48. The number of hydrogen-bond acceptors (Lipinski definition) is 2. The summed E-state index contributed by atoms with van der Waals surface area (Å²) in [7, 11) is 1.90. The molecule has 0 bridgehead atoms. The van der Waals surface area contributed by atoms with E-state index < -0.39 is 0 Å². The van der Waals surface area contributed by atoms with Crippen molar-refractivity contribution >= 4 is 0 Å². The average molecular weight is 493 g/mol. The Kier molecular flexibility index (Phi) is 13.5. The van der Waals surface area contributed by atoms with E-state index in [0.717, 1.165) is 24.7 Å². The largest absolute Gasteiger partial charge is 0.493 e. The predicted octanol–water partition coefficient (Wildman–Crippen LogP) is 10.4. The summed E-state index contributed by atoms with van der Waals surface area (Å²) in [6.07, 6.45) is 20.1. The van der Waals surface area contributed by atoms with Crippen LogP contribution in [0, 0.1) is 5.92 Å². The molecule has 1 unspecified atom stereocenters. The Bertz CT molecular complexity index is 830. The first-order valence-electron chi connectivity index (χ1n) is 15.1. The lowest BCUT2D eigenvalue weighted by Crippen LogP contribution is -2.29. The Balaban J connectivity index is 1.57. The Morgan fingerprint density at radius 3 is 2.11 bits per heavy atom. The third-order valence-electron chi connectivity index (χ3n) is 8.17. The zero-order chi connectivity index (χ0) is 25.4. The summed E-state index contributed by atoms with van der Waals surface area (Å²) < 4.78 is 12.5. The number of rotatable bonds is 17. The minimum atomic E-state index is 0.313. The Labute approximate surface area is 222 Å². The normalized spacial score (nSPS) is 19.9. The van der Waals surface area contributed by atoms with Gasteiger partial charge in [0.25, 0.3) is 0 Å². The highest BCUT2D eigenvalue weighted by Gasteiger charge is 2.31. The first-order valence-corrected chi connectivity index (χ1v) is 15.1. The third kappa shape index (κ3) is 9.25. The van der Waals surface area contributed by atoms with Crippen LogP contribution in [0.4, 0.5) is 0 Å². The van der Waals surface area contributed by atoms with Gasteiger partial charge in [-0.25, -0.2) is 0 Å². The van der Waals surface area contributed by atoms with Crippen LogP contribution in [0.2, 0.25) is 0 Å². The quantitative estimate of drug-likeness (QED) is 0.204. The molecule has 2 nitrogen and oxygen atoms in total. The highest BCUT2D eigenvalue weighted by molar-refractivity contribution is 5.71. The van der Waals surface area contributed by atoms with E-state index in [9.17, 15) is 0 Å². The van der Waals surface area contributed by atoms with E-state index in [-0.39, 0.29) is 0 Å². The first kappa shape index (κ1) is 28.8. The Morgan fingerprint density at radius 1 is 0.750 bits per heavy atom. The minimum absolute atomic E-state index is 0.313. The molecule has 3 atom stereocenters. The van der Waals surface area contributed by atoms with Crippen LogP contribution in [0.1, 0.15) is 122 Å². The van der Waals surface area contributed by atoms with Gasteiger partial charge >= 0.3 is 0 Å². The van der Waals surface area contributed by atoms with Gasteiger partial charge in [-0.15, -0.1) is 0 Å². The molecular weight excluding hydrogens is 440 g/mol. The second-order valence-electron chi connectivity index (χ2n) is 11.0. The summed E-state index contributed by atoms with van der Waals surface area (Å²) in [6, 6.07) is 17.6. The van der Waals surface area contributed by atoms with Crippen LogP contribution in [0.25, 0.3) is 11.1 Å². The number of unbranched alkanes of at least 4 members (excludes halogenated alkanes) is 9. The van der Waals surface area contributed by atoms with Gasteiger partial charge in [-0.1, -0.05) is 127 Å². The second-order valence-corrected chi connectivity index (χ2v) is 11.0. The van der Waals surface area contributed by atoms with Gasteiger partial charge in [0.2, 0.25) is 0 Å². The molecular formula is C34H52O2. The lowest BCUT2D eigenvalue weighted by Gasteiger charge is -2.36. The maximum atomic E-state index is 6.48. The van der Waals surface area contributed by atoms with Gasteiger partial charge in [-0.2, -0.15) is 0 Å². The molecule has 0 aromatic heterocycles. The zero-order valence-corrected chi connectivity index (χ0v) is 23.5. The fourth-order valence-electron chi connectivity index (χ4n) is 6.04. The van der Waals surface area contributed by atoms with E-state index in [1.165, 1.54) is 107 Å². The molecule has 2 heteroatoms. The summed E-state index contributed by atoms with van der Waals surface area (Å²) in [6.45, 7) is 5.39. The molecule has 1 fully saturated rings. The molecule has 200 valence electrons. The molecule has 1 saturated carbocycles. The smallest absolute Gasteiger partial charge is 0.127 e. The van der Waals surface area contributed by atoms with Crippen molar-refractivity contribution in [2.24, 2.45) is 5.92 Å². The van der Waals surface area contributed by atoms with Crippen LogP contribution in [0.5, 0.6) is 5.75 Å². The van der Waals surface area contributed by atoms with Gasteiger partial charge in [0.15, 0.2) is 0 Å². The van der Waals surface area contributed by atoms with Crippen molar-refractivity contribution in [2.75, 3.05) is 13.7 Å². The first-order chi connectivity index (χ1) is 17.8. The van der Waals surface area contributed by atoms with Crippen LogP contribution >= 0.6 is 0 Å². The molecule has 0 heterocycles. The van der Waals surface area contributed by atoms with Crippen molar-refractivity contribution in [3.8, 4) is 16.9 Å². The fraction of sp³-hybridized carbons (Fsp3) is 0.647.